The van der Waals surface area contributed by atoms with Crippen molar-refractivity contribution in [1.29, 1.82) is 0 Å². The van der Waals surface area contributed by atoms with E-state index in [-0.39, 0.29) is 37.1 Å². The van der Waals surface area contributed by atoms with E-state index in [2.05, 4.69) is 35.9 Å². The van der Waals surface area contributed by atoms with Crippen molar-refractivity contribution in [2.24, 2.45) is 0 Å². The standard InChI is InChI=1S/C24H16BrCl2FN4O5S/c25-15-7-12(1-3-18(15)28)8-22(24(34)35)31-23(33)14-10-16(26)17(27)11-20(14)32-38(36,37)13-2-4-19-21(9-13)30-6-5-29-19/h1-7,9-11,22,32H,8H2,(H,31,33)(H,34,35)/t22-/m0/s1. The number of aliphatic carboxylic acids is 1. The molecule has 0 bridgehead atoms. The van der Waals surface area contributed by atoms with Gasteiger partial charge in [0.25, 0.3) is 15.9 Å². The van der Waals surface area contributed by atoms with Crippen LogP contribution in [0.25, 0.3) is 11.0 Å². The van der Waals surface area contributed by atoms with E-state index >= 15 is 0 Å². The minimum atomic E-state index is -4.25. The van der Waals surface area contributed by atoms with Crippen molar-refractivity contribution in [2.75, 3.05) is 4.72 Å². The number of nitrogens with zero attached hydrogens (tertiary/aromatic N) is 2. The molecule has 0 unspecified atom stereocenters. The summed E-state index contributed by atoms with van der Waals surface area (Å²) in [5.74, 6) is -2.83. The highest BCUT2D eigenvalue weighted by atomic mass is 79.9. The van der Waals surface area contributed by atoms with E-state index in [0.29, 0.717) is 16.6 Å². The molecule has 1 heterocycles. The topological polar surface area (TPSA) is 138 Å². The summed E-state index contributed by atoms with van der Waals surface area (Å²) >= 11 is 15.2. The van der Waals surface area contributed by atoms with Crippen LogP contribution in [-0.4, -0.2) is 41.4 Å². The first-order valence-electron chi connectivity index (χ1n) is 10.6. The number of nitrogens with one attached hydrogen (secondary N) is 2. The van der Waals surface area contributed by atoms with Gasteiger partial charge in [-0.25, -0.2) is 17.6 Å². The van der Waals surface area contributed by atoms with E-state index < -0.39 is 33.8 Å². The summed E-state index contributed by atoms with van der Waals surface area (Å²) < 4.78 is 42.3. The maximum Gasteiger partial charge on any atom is 0.326 e. The zero-order valence-corrected chi connectivity index (χ0v) is 22.9. The number of amides is 1. The molecule has 0 aliphatic rings. The van der Waals surface area contributed by atoms with Gasteiger partial charge in [0.15, 0.2) is 0 Å². The van der Waals surface area contributed by atoms with E-state index in [9.17, 15) is 27.5 Å². The average Bonchev–Trinajstić information content (AvgIpc) is 2.87. The lowest BCUT2D eigenvalue weighted by Crippen LogP contribution is -2.42. The minimum Gasteiger partial charge on any atom is -0.480 e. The first-order valence-corrected chi connectivity index (χ1v) is 13.7. The van der Waals surface area contributed by atoms with Gasteiger partial charge >= 0.3 is 5.97 Å². The summed E-state index contributed by atoms with van der Waals surface area (Å²) in [6, 6.07) is 8.87. The van der Waals surface area contributed by atoms with Gasteiger partial charge in [-0.1, -0.05) is 29.3 Å². The first kappa shape index (κ1) is 27.7. The molecule has 0 saturated heterocycles. The van der Waals surface area contributed by atoms with Crippen LogP contribution in [0.1, 0.15) is 15.9 Å². The van der Waals surface area contributed by atoms with Gasteiger partial charge in [0.2, 0.25) is 0 Å². The fraction of sp³-hybridized carbons (Fsp3) is 0.0833. The number of hydrogen-bond donors (Lipinski definition) is 3. The van der Waals surface area contributed by atoms with Crippen molar-refractivity contribution in [2.45, 2.75) is 17.4 Å². The number of carbonyl (C=O) groups is 2. The number of carboxylic acid groups (broad SMARTS) is 1. The first-order chi connectivity index (χ1) is 17.9. The molecule has 1 atom stereocenters. The number of benzene rings is 3. The zero-order chi connectivity index (χ0) is 27.6. The smallest absolute Gasteiger partial charge is 0.326 e. The molecule has 4 aromatic rings. The van der Waals surface area contributed by atoms with Crippen LogP contribution in [0.3, 0.4) is 0 Å². The molecule has 0 fully saturated rings. The Kier molecular flexibility index (Phi) is 8.16. The molecular weight excluding hydrogens is 626 g/mol. The molecule has 38 heavy (non-hydrogen) atoms. The van der Waals surface area contributed by atoms with E-state index in [1.54, 1.807) is 0 Å². The summed E-state index contributed by atoms with van der Waals surface area (Å²) in [5, 5.41) is 11.9. The fourth-order valence-electron chi connectivity index (χ4n) is 3.47. The molecule has 4 rings (SSSR count). The van der Waals surface area contributed by atoms with Crippen LogP contribution in [0.4, 0.5) is 10.1 Å². The number of carboxylic acids is 1. The van der Waals surface area contributed by atoms with Gasteiger partial charge in [-0.15, -0.1) is 0 Å². The third kappa shape index (κ3) is 6.21. The SMILES string of the molecule is O=C(N[C@@H](Cc1ccc(F)c(Br)c1)C(=O)O)c1cc(Cl)c(Cl)cc1NS(=O)(=O)c1ccc2nccnc2c1. The minimum absolute atomic E-state index is 0.0451. The van der Waals surface area contributed by atoms with Crippen LogP contribution in [0.5, 0.6) is 0 Å². The Morgan fingerprint density at radius 3 is 2.37 bits per heavy atom. The molecule has 3 N–H and O–H groups in total. The molecule has 0 aliphatic heterocycles. The lowest BCUT2D eigenvalue weighted by molar-refractivity contribution is -0.139. The van der Waals surface area contributed by atoms with Crippen molar-refractivity contribution in [3.8, 4) is 0 Å². The molecule has 0 spiro atoms. The maximum atomic E-state index is 13.6. The number of fused-ring (bicyclic) bond motifs is 1. The van der Waals surface area contributed by atoms with Gasteiger partial charge in [-0.05, 0) is 64.0 Å². The summed E-state index contributed by atoms with van der Waals surface area (Å²) in [6.07, 6.45) is 2.70. The number of sulfonamides is 1. The van der Waals surface area contributed by atoms with Crippen LogP contribution >= 0.6 is 39.1 Å². The molecule has 1 amide bonds. The van der Waals surface area contributed by atoms with Gasteiger partial charge in [-0.2, -0.15) is 0 Å². The number of carbonyl (C=O) groups excluding carboxylic acids is 1. The lowest BCUT2D eigenvalue weighted by Gasteiger charge is -2.18. The van der Waals surface area contributed by atoms with E-state index in [1.165, 1.54) is 42.7 Å². The highest BCUT2D eigenvalue weighted by molar-refractivity contribution is 9.10. The van der Waals surface area contributed by atoms with Crippen LogP contribution in [0.15, 0.2) is 70.3 Å². The fourth-order valence-corrected chi connectivity index (χ4v) is 5.32. The molecule has 0 aliphatic carbocycles. The lowest BCUT2D eigenvalue weighted by atomic mass is 10.0. The second-order valence-corrected chi connectivity index (χ2v) is 11.3. The van der Waals surface area contributed by atoms with Gasteiger partial charge in [-0.3, -0.25) is 19.5 Å². The van der Waals surface area contributed by atoms with Gasteiger partial charge in [0.05, 0.1) is 41.7 Å². The highest BCUT2D eigenvalue weighted by Crippen LogP contribution is 2.31. The van der Waals surface area contributed by atoms with E-state index in [1.807, 2.05) is 0 Å². The molecule has 3 aromatic carbocycles. The number of rotatable bonds is 8. The van der Waals surface area contributed by atoms with E-state index in [0.717, 1.165) is 18.2 Å². The Balaban J connectivity index is 1.64. The Morgan fingerprint density at radius 1 is 1.00 bits per heavy atom. The van der Waals surface area contributed by atoms with Crippen molar-refractivity contribution in [3.63, 3.8) is 0 Å². The van der Waals surface area contributed by atoms with Crippen LogP contribution in [0.2, 0.25) is 10.0 Å². The Morgan fingerprint density at radius 2 is 1.68 bits per heavy atom. The van der Waals surface area contributed by atoms with Gasteiger partial charge < -0.3 is 10.4 Å². The number of halogens is 4. The normalized spacial score (nSPS) is 12.2. The summed E-state index contributed by atoms with van der Waals surface area (Å²) in [6.45, 7) is 0. The molecule has 0 radical (unpaired) electrons. The van der Waals surface area contributed by atoms with E-state index in [4.69, 9.17) is 23.2 Å². The number of hydrogen-bond acceptors (Lipinski definition) is 6. The van der Waals surface area contributed by atoms with Crippen LogP contribution in [0, 0.1) is 5.82 Å². The third-order valence-corrected chi connectivity index (χ3v) is 8.02. The van der Waals surface area contributed by atoms with Crippen molar-refractivity contribution >= 4 is 77.8 Å². The predicted molar refractivity (Wildman–Crippen MR) is 144 cm³/mol. The van der Waals surface area contributed by atoms with Crippen molar-refractivity contribution < 1.29 is 27.5 Å². The molecule has 0 saturated carbocycles. The highest BCUT2D eigenvalue weighted by Gasteiger charge is 2.26. The second kappa shape index (κ2) is 11.2. The second-order valence-electron chi connectivity index (χ2n) is 7.94. The predicted octanol–water partition coefficient (Wildman–Crippen LogP) is 5.06. The summed E-state index contributed by atoms with van der Waals surface area (Å²) in [5.41, 5.74) is 0.744. The Bertz CT molecular complexity index is 1690. The Labute approximate surface area is 234 Å². The average molecular weight is 642 g/mol. The molecule has 1 aromatic heterocycles. The summed E-state index contributed by atoms with van der Waals surface area (Å²) in [4.78, 5) is 33.1. The van der Waals surface area contributed by atoms with Crippen molar-refractivity contribution in [1.82, 2.24) is 15.3 Å². The largest absolute Gasteiger partial charge is 0.480 e. The Hall–Kier alpha value is -3.32. The van der Waals surface area contributed by atoms with Gasteiger partial charge in [0, 0.05) is 18.8 Å². The van der Waals surface area contributed by atoms with Gasteiger partial charge in [0.1, 0.15) is 11.9 Å². The number of anilines is 1. The summed E-state index contributed by atoms with van der Waals surface area (Å²) in [7, 11) is -4.25. The molecule has 196 valence electrons. The zero-order valence-electron chi connectivity index (χ0n) is 19.0. The number of aromatic nitrogens is 2. The molecule has 9 nitrogen and oxygen atoms in total. The van der Waals surface area contributed by atoms with Crippen molar-refractivity contribution in [3.05, 3.63) is 92.4 Å². The van der Waals surface area contributed by atoms with Crippen LogP contribution in [-0.2, 0) is 21.2 Å². The monoisotopic (exact) mass is 640 g/mol. The molecular formula is C24H16BrCl2FN4O5S. The van der Waals surface area contributed by atoms with Crippen LogP contribution < -0.4 is 10.0 Å². The maximum absolute atomic E-state index is 13.6. The quantitative estimate of drug-likeness (QED) is 0.244. The molecule has 14 heteroatoms. The third-order valence-electron chi connectivity index (χ3n) is 5.33.